The third-order valence-corrected chi connectivity index (χ3v) is 3.67. The fourth-order valence-electron chi connectivity index (χ4n) is 2.02. The van der Waals surface area contributed by atoms with Crippen LogP contribution in [-0.2, 0) is 5.41 Å². The molecule has 1 aliphatic carbocycles. The van der Waals surface area contributed by atoms with Gasteiger partial charge in [-0.15, -0.1) is 0 Å². The fraction of sp³-hybridized carbons (Fsp3) is 0.455. The average molecular weight is 256 g/mol. The summed E-state index contributed by atoms with van der Waals surface area (Å²) in [6, 6.07) is 5.83. The zero-order chi connectivity index (χ0) is 10.2. The van der Waals surface area contributed by atoms with E-state index in [1.165, 1.54) is 0 Å². The number of halogens is 1. The molecule has 1 aliphatic rings. The molecule has 0 radical (unpaired) electrons. The molecular weight excluding hydrogens is 242 g/mol. The Morgan fingerprint density at radius 1 is 1.43 bits per heavy atom. The van der Waals surface area contributed by atoms with Gasteiger partial charge in [-0.25, -0.2) is 0 Å². The third kappa shape index (κ3) is 1.55. The van der Waals surface area contributed by atoms with Gasteiger partial charge in [0.05, 0.1) is 4.47 Å². The van der Waals surface area contributed by atoms with Gasteiger partial charge in [-0.2, -0.15) is 0 Å². The minimum Gasteiger partial charge on any atom is -0.506 e. The summed E-state index contributed by atoms with van der Waals surface area (Å²) >= 11 is 3.34. The molecule has 1 aromatic carbocycles. The highest BCUT2D eigenvalue weighted by Gasteiger charge is 2.45. The largest absolute Gasteiger partial charge is 0.506 e. The highest BCUT2D eigenvalue weighted by molar-refractivity contribution is 9.10. The summed E-state index contributed by atoms with van der Waals surface area (Å²) in [4.78, 5) is 0. The monoisotopic (exact) mass is 255 g/mol. The Morgan fingerprint density at radius 3 is 2.71 bits per heavy atom. The van der Waals surface area contributed by atoms with Crippen LogP contribution in [0.3, 0.4) is 0 Å². The van der Waals surface area contributed by atoms with E-state index in [0.29, 0.717) is 12.3 Å². The van der Waals surface area contributed by atoms with Gasteiger partial charge in [0, 0.05) is 11.0 Å². The summed E-state index contributed by atoms with van der Waals surface area (Å²) in [7, 11) is 0. The van der Waals surface area contributed by atoms with Gasteiger partial charge in [0.25, 0.3) is 0 Å². The lowest BCUT2D eigenvalue weighted by molar-refractivity contribution is 0.451. The van der Waals surface area contributed by atoms with Crippen LogP contribution in [-0.4, -0.2) is 11.7 Å². The molecule has 3 N–H and O–H groups in total. The number of benzene rings is 1. The second kappa shape index (κ2) is 3.55. The van der Waals surface area contributed by atoms with Crippen LogP contribution in [0.1, 0.15) is 24.8 Å². The van der Waals surface area contributed by atoms with E-state index in [9.17, 15) is 5.11 Å². The molecule has 2 nitrogen and oxygen atoms in total. The summed E-state index contributed by atoms with van der Waals surface area (Å²) in [5.41, 5.74) is 6.81. The van der Waals surface area contributed by atoms with Crippen molar-refractivity contribution < 1.29 is 5.11 Å². The molecule has 3 heteroatoms. The predicted octanol–water partition coefficient (Wildman–Crippen LogP) is 2.54. The van der Waals surface area contributed by atoms with Gasteiger partial charge < -0.3 is 10.8 Å². The van der Waals surface area contributed by atoms with Crippen LogP contribution < -0.4 is 5.73 Å². The maximum absolute atomic E-state index is 9.91. The Morgan fingerprint density at radius 2 is 2.14 bits per heavy atom. The molecule has 14 heavy (non-hydrogen) atoms. The van der Waals surface area contributed by atoms with Gasteiger partial charge in [0.15, 0.2) is 0 Å². The Kier molecular flexibility index (Phi) is 2.54. The van der Waals surface area contributed by atoms with Crippen LogP contribution in [0.15, 0.2) is 22.7 Å². The van der Waals surface area contributed by atoms with Crippen LogP contribution in [0.5, 0.6) is 5.75 Å². The minimum atomic E-state index is 0.169. The van der Waals surface area contributed by atoms with E-state index < -0.39 is 0 Å². The first-order chi connectivity index (χ1) is 6.69. The van der Waals surface area contributed by atoms with Gasteiger partial charge >= 0.3 is 0 Å². The van der Waals surface area contributed by atoms with Crippen molar-refractivity contribution in [3.05, 3.63) is 28.2 Å². The number of rotatable bonds is 3. The Hall–Kier alpha value is -0.540. The Labute approximate surface area is 92.3 Å². The highest BCUT2D eigenvalue weighted by Crippen LogP contribution is 2.54. The zero-order valence-electron chi connectivity index (χ0n) is 7.96. The second-order valence-electron chi connectivity index (χ2n) is 3.96. The summed E-state index contributed by atoms with van der Waals surface area (Å²) in [5, 5.41) is 9.91. The molecule has 1 fully saturated rings. The molecule has 1 aromatic rings. The molecule has 0 aromatic heterocycles. The number of hydrogen-bond acceptors (Lipinski definition) is 2. The van der Waals surface area contributed by atoms with Crippen LogP contribution >= 0.6 is 15.9 Å². The van der Waals surface area contributed by atoms with Crippen LogP contribution in [0.25, 0.3) is 0 Å². The summed E-state index contributed by atoms with van der Waals surface area (Å²) < 4.78 is 0.776. The normalized spacial score (nSPS) is 18.1. The molecule has 0 bridgehead atoms. The van der Waals surface area contributed by atoms with Crippen molar-refractivity contribution in [2.45, 2.75) is 24.7 Å². The van der Waals surface area contributed by atoms with E-state index in [2.05, 4.69) is 15.9 Å². The van der Waals surface area contributed by atoms with Crippen LogP contribution in [0, 0.1) is 0 Å². The van der Waals surface area contributed by atoms with E-state index in [1.807, 2.05) is 18.2 Å². The van der Waals surface area contributed by atoms with Crippen molar-refractivity contribution in [3.63, 3.8) is 0 Å². The first-order valence-corrected chi connectivity index (χ1v) is 5.67. The molecule has 0 spiro atoms. The minimum absolute atomic E-state index is 0.169. The topological polar surface area (TPSA) is 46.2 Å². The number of phenolic OH excluding ortho intramolecular Hbond substituents is 1. The molecule has 0 heterocycles. The Bertz CT molecular complexity index is 347. The van der Waals surface area contributed by atoms with Gasteiger partial charge in [0.2, 0.25) is 0 Å². The average Bonchev–Trinajstić information content (AvgIpc) is 2.91. The number of para-hydroxylation sites is 1. The molecule has 0 saturated heterocycles. The van der Waals surface area contributed by atoms with Gasteiger partial charge in [-0.05, 0) is 47.8 Å². The first-order valence-electron chi connectivity index (χ1n) is 4.88. The van der Waals surface area contributed by atoms with E-state index in [1.54, 1.807) is 0 Å². The van der Waals surface area contributed by atoms with Gasteiger partial charge in [-0.3, -0.25) is 0 Å². The lowest BCUT2D eigenvalue weighted by atomic mass is 9.92. The molecule has 0 aliphatic heterocycles. The maximum Gasteiger partial charge on any atom is 0.133 e. The van der Waals surface area contributed by atoms with Crippen LogP contribution in [0.2, 0.25) is 0 Å². The molecule has 0 unspecified atom stereocenters. The quantitative estimate of drug-likeness (QED) is 0.872. The molecule has 1 saturated carbocycles. The summed E-state index contributed by atoms with van der Waals surface area (Å²) in [5.74, 6) is 0.387. The van der Waals surface area contributed by atoms with E-state index in [4.69, 9.17) is 5.73 Å². The maximum atomic E-state index is 9.91. The first kappa shape index (κ1) is 9.99. The number of hydrogen-bond donors (Lipinski definition) is 2. The fourth-order valence-corrected chi connectivity index (χ4v) is 2.39. The van der Waals surface area contributed by atoms with Crippen molar-refractivity contribution >= 4 is 15.9 Å². The van der Waals surface area contributed by atoms with Crippen molar-refractivity contribution in [2.24, 2.45) is 5.73 Å². The van der Waals surface area contributed by atoms with Crippen molar-refractivity contribution in [1.82, 2.24) is 0 Å². The number of phenols is 1. The van der Waals surface area contributed by atoms with E-state index in [0.717, 1.165) is 29.3 Å². The highest BCUT2D eigenvalue weighted by atomic mass is 79.9. The Balaban J connectivity index is 2.37. The SMILES string of the molecule is NCCC1(c2cccc(Br)c2O)CC1. The molecule has 0 amide bonds. The second-order valence-corrected chi connectivity index (χ2v) is 4.81. The number of nitrogens with two attached hydrogens (primary N) is 1. The standard InChI is InChI=1S/C11H14BrNO/c12-9-3-1-2-8(10(9)14)11(4-5-11)6-7-13/h1-3,14H,4-7,13H2. The third-order valence-electron chi connectivity index (χ3n) is 3.03. The van der Waals surface area contributed by atoms with Gasteiger partial charge in [-0.1, -0.05) is 12.1 Å². The molecular formula is C11H14BrNO. The molecule has 0 atom stereocenters. The van der Waals surface area contributed by atoms with Crippen molar-refractivity contribution in [1.29, 1.82) is 0 Å². The smallest absolute Gasteiger partial charge is 0.133 e. The predicted molar refractivity (Wildman–Crippen MR) is 60.4 cm³/mol. The number of aromatic hydroxyl groups is 1. The molecule has 2 rings (SSSR count). The lowest BCUT2D eigenvalue weighted by Gasteiger charge is -2.16. The van der Waals surface area contributed by atoms with Crippen molar-refractivity contribution in [3.8, 4) is 5.75 Å². The van der Waals surface area contributed by atoms with E-state index in [-0.39, 0.29) is 5.41 Å². The van der Waals surface area contributed by atoms with Gasteiger partial charge in [0.1, 0.15) is 5.75 Å². The van der Waals surface area contributed by atoms with Crippen LogP contribution in [0.4, 0.5) is 0 Å². The lowest BCUT2D eigenvalue weighted by Crippen LogP contribution is -2.13. The van der Waals surface area contributed by atoms with E-state index >= 15 is 0 Å². The summed E-state index contributed by atoms with van der Waals surface area (Å²) in [6.07, 6.45) is 3.26. The zero-order valence-corrected chi connectivity index (χ0v) is 9.55. The molecule has 76 valence electrons. The summed E-state index contributed by atoms with van der Waals surface area (Å²) in [6.45, 7) is 0.686. The van der Waals surface area contributed by atoms with Crippen molar-refractivity contribution in [2.75, 3.05) is 6.54 Å².